The fraction of sp³-hybridized carbons (Fsp3) is 0.125. The zero-order chi connectivity index (χ0) is 21.0. The van der Waals surface area contributed by atoms with Gasteiger partial charge in [0, 0.05) is 28.1 Å². The van der Waals surface area contributed by atoms with Crippen LogP contribution >= 0.6 is 0 Å². The monoisotopic (exact) mass is 386 g/mol. The Labute approximate surface area is 169 Å². The van der Waals surface area contributed by atoms with E-state index >= 15 is 0 Å². The Morgan fingerprint density at radius 1 is 0.690 bits per heavy atom. The van der Waals surface area contributed by atoms with Crippen LogP contribution < -0.4 is 10.6 Å². The largest absolute Gasteiger partial charge is 0.322 e. The van der Waals surface area contributed by atoms with E-state index in [2.05, 4.69) is 10.6 Å². The minimum absolute atomic E-state index is 0.0776. The minimum Gasteiger partial charge on any atom is -0.322 e. The van der Waals surface area contributed by atoms with Gasteiger partial charge in [-0.05, 0) is 62.7 Å². The number of Topliss-reactive ketones (excluding diaryl/α,β-unsaturated/α-hetero) is 1. The summed E-state index contributed by atoms with van der Waals surface area (Å²) >= 11 is 0. The highest BCUT2D eigenvalue weighted by molar-refractivity contribution is 6.09. The predicted molar refractivity (Wildman–Crippen MR) is 115 cm³/mol. The summed E-state index contributed by atoms with van der Waals surface area (Å²) < 4.78 is 0. The Morgan fingerprint density at radius 3 is 1.97 bits per heavy atom. The Hall–Kier alpha value is -3.73. The van der Waals surface area contributed by atoms with Crippen molar-refractivity contribution in [1.29, 1.82) is 0 Å². The van der Waals surface area contributed by atoms with Gasteiger partial charge in [0.05, 0.1) is 0 Å². The van der Waals surface area contributed by atoms with E-state index in [9.17, 15) is 14.4 Å². The van der Waals surface area contributed by atoms with E-state index in [1.807, 2.05) is 32.0 Å². The molecule has 29 heavy (non-hydrogen) atoms. The molecule has 5 nitrogen and oxygen atoms in total. The molecule has 5 heteroatoms. The second-order valence-corrected chi connectivity index (χ2v) is 6.94. The molecule has 0 fully saturated rings. The molecule has 0 aliphatic rings. The fourth-order valence-corrected chi connectivity index (χ4v) is 2.97. The van der Waals surface area contributed by atoms with Gasteiger partial charge in [-0.3, -0.25) is 14.4 Å². The normalized spacial score (nSPS) is 10.3. The maximum atomic E-state index is 12.6. The maximum Gasteiger partial charge on any atom is 0.255 e. The van der Waals surface area contributed by atoms with E-state index in [0.717, 1.165) is 16.8 Å². The summed E-state index contributed by atoms with van der Waals surface area (Å²) in [6.45, 7) is 5.40. The average molecular weight is 386 g/mol. The standard InChI is InChI=1S/C24H22N2O3/c1-15-10-11-22(16(2)12-15)26-24(29)20-8-4-7-19(13-20)23(28)25-21-9-5-6-18(14-21)17(3)27/h4-14H,1-3H3,(H,25,28)(H,26,29). The number of hydrogen-bond acceptors (Lipinski definition) is 3. The first-order chi connectivity index (χ1) is 13.8. The first-order valence-corrected chi connectivity index (χ1v) is 9.24. The molecule has 0 atom stereocenters. The van der Waals surface area contributed by atoms with Crippen LogP contribution in [0.25, 0.3) is 0 Å². The zero-order valence-electron chi connectivity index (χ0n) is 16.6. The van der Waals surface area contributed by atoms with Crippen LogP contribution in [0.3, 0.4) is 0 Å². The van der Waals surface area contributed by atoms with Crippen LogP contribution in [0.1, 0.15) is 49.1 Å². The van der Waals surface area contributed by atoms with Gasteiger partial charge in [0.2, 0.25) is 0 Å². The molecule has 0 aromatic heterocycles. The summed E-state index contributed by atoms with van der Waals surface area (Å²) in [5.74, 6) is -0.719. The zero-order valence-corrected chi connectivity index (χ0v) is 16.6. The highest BCUT2D eigenvalue weighted by Crippen LogP contribution is 2.18. The molecule has 2 N–H and O–H groups in total. The summed E-state index contributed by atoms with van der Waals surface area (Å²) in [4.78, 5) is 36.7. The van der Waals surface area contributed by atoms with Crippen LogP contribution in [-0.4, -0.2) is 17.6 Å². The number of amides is 2. The Kier molecular flexibility index (Phi) is 5.88. The van der Waals surface area contributed by atoms with Crippen molar-refractivity contribution in [3.05, 3.63) is 94.5 Å². The SMILES string of the molecule is CC(=O)c1cccc(NC(=O)c2cccc(C(=O)Nc3ccc(C)cc3C)c2)c1. The maximum absolute atomic E-state index is 12.6. The predicted octanol–water partition coefficient (Wildman–Crippen LogP) is 5.01. The van der Waals surface area contributed by atoms with Gasteiger partial charge in [-0.15, -0.1) is 0 Å². The summed E-state index contributed by atoms with van der Waals surface area (Å²) in [6, 6.07) is 19.0. The van der Waals surface area contributed by atoms with Gasteiger partial charge in [-0.25, -0.2) is 0 Å². The van der Waals surface area contributed by atoms with Crippen LogP contribution in [0.4, 0.5) is 11.4 Å². The van der Waals surface area contributed by atoms with Gasteiger partial charge in [0.25, 0.3) is 11.8 Å². The number of anilines is 2. The molecule has 3 aromatic rings. The number of aryl methyl sites for hydroxylation is 2. The first kappa shape index (κ1) is 20.0. The molecule has 0 aliphatic carbocycles. The third kappa shape index (κ3) is 4.96. The molecule has 0 heterocycles. The van der Waals surface area contributed by atoms with Gasteiger partial charge in [0.1, 0.15) is 0 Å². The topological polar surface area (TPSA) is 75.3 Å². The number of rotatable bonds is 5. The third-order valence-electron chi connectivity index (χ3n) is 4.54. The smallest absolute Gasteiger partial charge is 0.255 e. The van der Waals surface area contributed by atoms with E-state index in [-0.39, 0.29) is 17.6 Å². The Balaban J connectivity index is 1.76. The molecule has 0 radical (unpaired) electrons. The summed E-state index contributed by atoms with van der Waals surface area (Å²) in [5, 5.41) is 5.64. The fourth-order valence-electron chi connectivity index (χ4n) is 2.97. The van der Waals surface area contributed by atoms with Gasteiger partial charge in [-0.2, -0.15) is 0 Å². The second kappa shape index (κ2) is 8.52. The van der Waals surface area contributed by atoms with Gasteiger partial charge in [0.15, 0.2) is 5.78 Å². The number of carbonyl (C=O) groups excluding carboxylic acids is 3. The number of carbonyl (C=O) groups is 3. The highest BCUT2D eigenvalue weighted by atomic mass is 16.2. The summed E-state index contributed by atoms with van der Waals surface area (Å²) in [7, 11) is 0. The lowest BCUT2D eigenvalue weighted by atomic mass is 10.1. The van der Waals surface area contributed by atoms with Crippen LogP contribution in [0.5, 0.6) is 0 Å². The summed E-state index contributed by atoms with van der Waals surface area (Å²) in [5.41, 5.74) is 4.60. The van der Waals surface area contributed by atoms with E-state index in [4.69, 9.17) is 0 Å². The van der Waals surface area contributed by atoms with E-state index < -0.39 is 0 Å². The molecule has 0 bridgehead atoms. The number of ketones is 1. The van der Waals surface area contributed by atoms with Crippen molar-refractivity contribution in [1.82, 2.24) is 0 Å². The van der Waals surface area contributed by atoms with Gasteiger partial charge in [-0.1, -0.05) is 35.9 Å². The lowest BCUT2D eigenvalue weighted by Crippen LogP contribution is -2.16. The first-order valence-electron chi connectivity index (χ1n) is 9.24. The van der Waals surface area contributed by atoms with Crippen LogP contribution in [0.15, 0.2) is 66.7 Å². The second-order valence-electron chi connectivity index (χ2n) is 6.94. The summed E-state index contributed by atoms with van der Waals surface area (Å²) in [6.07, 6.45) is 0. The Morgan fingerprint density at radius 2 is 1.31 bits per heavy atom. The molecule has 0 saturated heterocycles. The quantitative estimate of drug-likeness (QED) is 0.605. The van der Waals surface area contributed by atoms with Crippen molar-refractivity contribution < 1.29 is 14.4 Å². The van der Waals surface area contributed by atoms with Crippen molar-refractivity contribution in [3.63, 3.8) is 0 Å². The van der Waals surface area contributed by atoms with Gasteiger partial charge >= 0.3 is 0 Å². The van der Waals surface area contributed by atoms with Crippen molar-refractivity contribution in [2.24, 2.45) is 0 Å². The molecule has 3 aromatic carbocycles. The lowest BCUT2D eigenvalue weighted by Gasteiger charge is -2.10. The van der Waals surface area contributed by atoms with Gasteiger partial charge < -0.3 is 10.6 Å². The molecule has 3 rings (SSSR count). The van der Waals surface area contributed by atoms with E-state index in [1.165, 1.54) is 6.92 Å². The molecule has 146 valence electrons. The third-order valence-corrected chi connectivity index (χ3v) is 4.54. The number of nitrogens with one attached hydrogen (secondary N) is 2. The Bertz CT molecular complexity index is 1100. The molecule has 0 unspecified atom stereocenters. The molecular formula is C24H22N2O3. The number of hydrogen-bond donors (Lipinski definition) is 2. The number of benzene rings is 3. The van der Waals surface area contributed by atoms with Crippen molar-refractivity contribution in [2.45, 2.75) is 20.8 Å². The van der Waals surface area contributed by atoms with E-state index in [1.54, 1.807) is 48.5 Å². The average Bonchev–Trinajstić information content (AvgIpc) is 2.70. The van der Waals surface area contributed by atoms with Crippen LogP contribution in [0, 0.1) is 13.8 Å². The highest BCUT2D eigenvalue weighted by Gasteiger charge is 2.12. The van der Waals surface area contributed by atoms with Crippen LogP contribution in [0.2, 0.25) is 0 Å². The molecule has 2 amide bonds. The lowest BCUT2D eigenvalue weighted by molar-refractivity contribution is 0.100. The van der Waals surface area contributed by atoms with E-state index in [0.29, 0.717) is 22.4 Å². The molecule has 0 saturated carbocycles. The van der Waals surface area contributed by atoms with Crippen molar-refractivity contribution in [2.75, 3.05) is 10.6 Å². The van der Waals surface area contributed by atoms with Crippen molar-refractivity contribution in [3.8, 4) is 0 Å². The molecule has 0 spiro atoms. The molecular weight excluding hydrogens is 364 g/mol. The van der Waals surface area contributed by atoms with Crippen LogP contribution in [-0.2, 0) is 0 Å². The minimum atomic E-state index is -0.355. The van der Waals surface area contributed by atoms with Crippen molar-refractivity contribution >= 4 is 29.0 Å². The molecule has 0 aliphatic heterocycles.